The summed E-state index contributed by atoms with van der Waals surface area (Å²) in [6.07, 6.45) is 1.93. The maximum absolute atomic E-state index is 5.83. The summed E-state index contributed by atoms with van der Waals surface area (Å²) in [5, 5.41) is 5.10. The minimum Gasteiger partial charge on any atom is -0.326 e. The van der Waals surface area contributed by atoms with Gasteiger partial charge in [0.05, 0.1) is 5.69 Å². The van der Waals surface area contributed by atoms with Crippen molar-refractivity contribution in [3.05, 3.63) is 41.0 Å². The Morgan fingerprint density at radius 1 is 1.33 bits per heavy atom. The van der Waals surface area contributed by atoms with Crippen molar-refractivity contribution in [3.63, 3.8) is 0 Å². The third-order valence-electron chi connectivity index (χ3n) is 2.24. The SMILES string of the molecule is Cn1cc(CN)c(-c2ccc(Cl)cc2)n1. The van der Waals surface area contributed by atoms with Gasteiger partial charge in [0, 0.05) is 35.9 Å². The molecule has 0 aliphatic rings. The highest BCUT2D eigenvalue weighted by atomic mass is 35.5. The maximum atomic E-state index is 5.83. The topological polar surface area (TPSA) is 43.8 Å². The van der Waals surface area contributed by atoms with Crippen molar-refractivity contribution in [1.82, 2.24) is 9.78 Å². The zero-order valence-corrected chi connectivity index (χ0v) is 9.20. The number of aryl methyl sites for hydroxylation is 1. The Balaban J connectivity index is 2.48. The van der Waals surface area contributed by atoms with E-state index in [9.17, 15) is 0 Å². The van der Waals surface area contributed by atoms with Gasteiger partial charge in [0.25, 0.3) is 0 Å². The van der Waals surface area contributed by atoms with Crippen LogP contribution in [-0.2, 0) is 13.6 Å². The summed E-state index contributed by atoms with van der Waals surface area (Å²) in [4.78, 5) is 0. The Bertz CT molecular complexity index is 459. The molecule has 2 N–H and O–H groups in total. The van der Waals surface area contributed by atoms with Gasteiger partial charge in [-0.1, -0.05) is 23.7 Å². The number of nitrogens with two attached hydrogens (primary N) is 1. The van der Waals surface area contributed by atoms with E-state index in [0.717, 1.165) is 21.8 Å². The molecule has 0 saturated carbocycles. The van der Waals surface area contributed by atoms with Crippen LogP contribution in [0.3, 0.4) is 0 Å². The summed E-state index contributed by atoms with van der Waals surface area (Å²) in [5.74, 6) is 0. The number of nitrogens with zero attached hydrogens (tertiary/aromatic N) is 2. The predicted molar refractivity (Wildman–Crippen MR) is 61.5 cm³/mol. The van der Waals surface area contributed by atoms with Crippen LogP contribution in [0.4, 0.5) is 0 Å². The minimum atomic E-state index is 0.492. The lowest BCUT2D eigenvalue weighted by atomic mass is 10.1. The van der Waals surface area contributed by atoms with Crippen molar-refractivity contribution < 1.29 is 0 Å². The summed E-state index contributed by atoms with van der Waals surface area (Å²) >= 11 is 5.83. The molecule has 1 heterocycles. The molecule has 0 unspecified atom stereocenters. The molecule has 1 aromatic carbocycles. The molecule has 3 nitrogen and oxygen atoms in total. The molecule has 15 heavy (non-hydrogen) atoms. The van der Waals surface area contributed by atoms with Gasteiger partial charge in [0.1, 0.15) is 0 Å². The number of halogens is 1. The molecule has 0 radical (unpaired) electrons. The van der Waals surface area contributed by atoms with Crippen LogP contribution in [-0.4, -0.2) is 9.78 Å². The molecule has 0 bridgehead atoms. The van der Waals surface area contributed by atoms with Crippen LogP contribution in [0.2, 0.25) is 5.02 Å². The highest BCUT2D eigenvalue weighted by molar-refractivity contribution is 6.30. The standard InChI is InChI=1S/C11H12ClN3/c1-15-7-9(6-13)11(14-15)8-2-4-10(12)5-3-8/h2-5,7H,6,13H2,1H3. The van der Waals surface area contributed by atoms with Gasteiger partial charge < -0.3 is 5.73 Å². The number of hydrogen-bond acceptors (Lipinski definition) is 2. The van der Waals surface area contributed by atoms with Crippen molar-refractivity contribution >= 4 is 11.6 Å². The molecular weight excluding hydrogens is 210 g/mol. The molecule has 0 aliphatic carbocycles. The highest BCUT2D eigenvalue weighted by Gasteiger charge is 2.07. The van der Waals surface area contributed by atoms with E-state index in [1.165, 1.54) is 0 Å². The van der Waals surface area contributed by atoms with Crippen LogP contribution in [0.5, 0.6) is 0 Å². The van der Waals surface area contributed by atoms with Crippen LogP contribution in [0.1, 0.15) is 5.56 Å². The van der Waals surface area contributed by atoms with Gasteiger partial charge >= 0.3 is 0 Å². The van der Waals surface area contributed by atoms with E-state index in [1.54, 1.807) is 4.68 Å². The van der Waals surface area contributed by atoms with Gasteiger partial charge in [-0.3, -0.25) is 4.68 Å². The molecule has 0 atom stereocenters. The Morgan fingerprint density at radius 3 is 2.60 bits per heavy atom. The molecule has 0 aliphatic heterocycles. The van der Waals surface area contributed by atoms with Crippen molar-refractivity contribution in [3.8, 4) is 11.3 Å². The summed E-state index contributed by atoms with van der Waals surface area (Å²) in [5.41, 5.74) is 8.66. The van der Waals surface area contributed by atoms with Gasteiger partial charge in [-0.2, -0.15) is 5.10 Å². The van der Waals surface area contributed by atoms with E-state index < -0.39 is 0 Å². The van der Waals surface area contributed by atoms with Gasteiger partial charge in [-0.15, -0.1) is 0 Å². The third kappa shape index (κ3) is 2.03. The maximum Gasteiger partial charge on any atom is 0.0967 e. The Kier molecular flexibility index (Phi) is 2.75. The first-order chi connectivity index (χ1) is 7.20. The minimum absolute atomic E-state index is 0.492. The van der Waals surface area contributed by atoms with E-state index in [0.29, 0.717) is 6.54 Å². The zero-order valence-electron chi connectivity index (χ0n) is 8.44. The second-order valence-corrected chi connectivity index (χ2v) is 3.82. The quantitative estimate of drug-likeness (QED) is 0.845. The Hall–Kier alpha value is -1.32. The van der Waals surface area contributed by atoms with E-state index >= 15 is 0 Å². The predicted octanol–water partition coefficient (Wildman–Crippen LogP) is 2.20. The summed E-state index contributed by atoms with van der Waals surface area (Å²) < 4.78 is 1.77. The van der Waals surface area contributed by atoms with Crippen LogP contribution in [0.25, 0.3) is 11.3 Å². The lowest BCUT2D eigenvalue weighted by molar-refractivity contribution is 0.769. The van der Waals surface area contributed by atoms with Crippen LogP contribution < -0.4 is 5.73 Å². The first kappa shape index (κ1) is 10.2. The largest absolute Gasteiger partial charge is 0.326 e. The van der Waals surface area contributed by atoms with E-state index in [2.05, 4.69) is 5.10 Å². The first-order valence-corrected chi connectivity index (χ1v) is 5.07. The molecule has 2 aromatic rings. The lowest BCUT2D eigenvalue weighted by Crippen LogP contribution is -1.96. The normalized spacial score (nSPS) is 10.6. The monoisotopic (exact) mass is 221 g/mol. The molecule has 0 saturated heterocycles. The fourth-order valence-corrected chi connectivity index (χ4v) is 1.66. The van der Waals surface area contributed by atoms with Crippen LogP contribution >= 0.6 is 11.6 Å². The average molecular weight is 222 g/mol. The molecule has 1 aromatic heterocycles. The molecule has 78 valence electrons. The third-order valence-corrected chi connectivity index (χ3v) is 2.49. The first-order valence-electron chi connectivity index (χ1n) is 4.69. The molecule has 0 fully saturated rings. The number of hydrogen-bond donors (Lipinski definition) is 1. The van der Waals surface area contributed by atoms with Crippen molar-refractivity contribution in [2.75, 3.05) is 0 Å². The highest BCUT2D eigenvalue weighted by Crippen LogP contribution is 2.23. The average Bonchev–Trinajstić information content (AvgIpc) is 2.61. The molecule has 2 rings (SSSR count). The molecule has 0 spiro atoms. The zero-order chi connectivity index (χ0) is 10.8. The van der Waals surface area contributed by atoms with Gasteiger partial charge in [0.2, 0.25) is 0 Å². The van der Waals surface area contributed by atoms with E-state index in [-0.39, 0.29) is 0 Å². The summed E-state index contributed by atoms with van der Waals surface area (Å²) in [6.45, 7) is 0.492. The molecular formula is C11H12ClN3. The summed E-state index contributed by atoms with van der Waals surface area (Å²) in [6, 6.07) is 7.60. The fourth-order valence-electron chi connectivity index (χ4n) is 1.54. The van der Waals surface area contributed by atoms with Gasteiger partial charge in [-0.25, -0.2) is 0 Å². The summed E-state index contributed by atoms with van der Waals surface area (Å²) in [7, 11) is 1.89. The van der Waals surface area contributed by atoms with Crippen LogP contribution in [0, 0.1) is 0 Å². The van der Waals surface area contributed by atoms with Crippen molar-refractivity contribution in [1.29, 1.82) is 0 Å². The number of rotatable bonds is 2. The van der Waals surface area contributed by atoms with Gasteiger partial charge in [0.15, 0.2) is 0 Å². The van der Waals surface area contributed by atoms with Gasteiger partial charge in [-0.05, 0) is 12.1 Å². The Labute approximate surface area is 93.5 Å². The van der Waals surface area contributed by atoms with Crippen molar-refractivity contribution in [2.45, 2.75) is 6.54 Å². The number of aromatic nitrogens is 2. The fraction of sp³-hybridized carbons (Fsp3) is 0.182. The second-order valence-electron chi connectivity index (χ2n) is 3.39. The Morgan fingerprint density at radius 2 is 2.00 bits per heavy atom. The van der Waals surface area contributed by atoms with Crippen molar-refractivity contribution in [2.24, 2.45) is 12.8 Å². The number of benzene rings is 1. The molecule has 0 amide bonds. The van der Waals surface area contributed by atoms with Crippen LogP contribution in [0.15, 0.2) is 30.5 Å². The van der Waals surface area contributed by atoms with E-state index in [1.807, 2.05) is 37.5 Å². The smallest absolute Gasteiger partial charge is 0.0967 e. The van der Waals surface area contributed by atoms with E-state index in [4.69, 9.17) is 17.3 Å². The second kappa shape index (κ2) is 4.04. The molecule has 4 heteroatoms. The lowest BCUT2D eigenvalue weighted by Gasteiger charge is -1.99.